The highest BCUT2D eigenvalue weighted by Crippen LogP contribution is 2.23. The fraction of sp³-hybridized carbons (Fsp3) is 0.545. The van der Waals surface area contributed by atoms with E-state index in [1.54, 1.807) is 12.1 Å². The van der Waals surface area contributed by atoms with Crippen LogP contribution in [0.4, 0.5) is 0 Å². The van der Waals surface area contributed by atoms with Crippen molar-refractivity contribution in [2.24, 2.45) is 0 Å². The molecule has 0 spiro atoms. The van der Waals surface area contributed by atoms with E-state index in [1.807, 2.05) is 0 Å². The Kier molecular flexibility index (Phi) is 3.92. The number of amides is 1. The van der Waals surface area contributed by atoms with Crippen LogP contribution in [0.5, 0.6) is 0 Å². The molecule has 1 aromatic heterocycles. The summed E-state index contributed by atoms with van der Waals surface area (Å²) in [6.07, 6.45) is 4.18. The van der Waals surface area contributed by atoms with Crippen LogP contribution in [0.25, 0.3) is 0 Å². The van der Waals surface area contributed by atoms with Crippen molar-refractivity contribution in [1.82, 2.24) is 5.32 Å². The zero-order valence-electron chi connectivity index (χ0n) is 8.71. The van der Waals surface area contributed by atoms with E-state index in [0.717, 1.165) is 25.7 Å². The maximum atomic E-state index is 11.8. The van der Waals surface area contributed by atoms with Crippen LogP contribution in [0, 0.1) is 0 Å². The molecule has 1 aliphatic rings. The van der Waals surface area contributed by atoms with Crippen molar-refractivity contribution in [2.75, 3.05) is 0 Å². The average molecular weight is 307 g/mol. The molecule has 5 heteroatoms. The summed E-state index contributed by atoms with van der Waals surface area (Å²) in [5.41, 5.74) is 0. The molecule has 2 rings (SSSR count). The molecule has 0 saturated heterocycles. The van der Waals surface area contributed by atoms with Gasteiger partial charge < -0.3 is 9.73 Å². The van der Waals surface area contributed by atoms with E-state index in [1.165, 1.54) is 0 Å². The van der Waals surface area contributed by atoms with Gasteiger partial charge in [-0.05, 0) is 40.9 Å². The maximum Gasteiger partial charge on any atom is 0.287 e. The molecule has 1 amide bonds. The summed E-state index contributed by atoms with van der Waals surface area (Å²) < 4.78 is 5.74. The van der Waals surface area contributed by atoms with Crippen LogP contribution in [0.15, 0.2) is 21.2 Å². The second-order valence-corrected chi connectivity index (χ2v) is 5.33. The van der Waals surface area contributed by atoms with Crippen molar-refractivity contribution < 1.29 is 9.21 Å². The van der Waals surface area contributed by atoms with E-state index in [4.69, 9.17) is 16.0 Å². The molecule has 2 unspecified atom stereocenters. The number of hydrogen-bond donors (Lipinski definition) is 1. The van der Waals surface area contributed by atoms with Gasteiger partial charge in [0.25, 0.3) is 5.91 Å². The first-order valence-electron chi connectivity index (χ1n) is 5.37. The molecule has 1 aromatic rings. The van der Waals surface area contributed by atoms with Gasteiger partial charge in [0.2, 0.25) is 0 Å². The van der Waals surface area contributed by atoms with Crippen molar-refractivity contribution in [3.8, 4) is 0 Å². The molecule has 1 fully saturated rings. The van der Waals surface area contributed by atoms with Crippen LogP contribution in [0.3, 0.4) is 0 Å². The number of carbonyl (C=O) groups excluding carboxylic acids is 1. The lowest BCUT2D eigenvalue weighted by molar-refractivity contribution is 0.0899. The van der Waals surface area contributed by atoms with Gasteiger partial charge in [-0.1, -0.05) is 12.8 Å². The molecule has 1 heterocycles. The average Bonchev–Trinajstić information content (AvgIpc) is 2.68. The molecule has 0 aliphatic heterocycles. The number of furan rings is 1. The van der Waals surface area contributed by atoms with Crippen LogP contribution in [-0.4, -0.2) is 17.3 Å². The Balaban J connectivity index is 1.96. The first-order valence-corrected chi connectivity index (χ1v) is 6.60. The third-order valence-electron chi connectivity index (χ3n) is 2.80. The SMILES string of the molecule is O=C(NC1CCCCC1Cl)c1ccc(Br)o1. The van der Waals surface area contributed by atoms with E-state index in [-0.39, 0.29) is 17.3 Å². The first kappa shape index (κ1) is 12.0. The van der Waals surface area contributed by atoms with Gasteiger partial charge in [0, 0.05) is 6.04 Å². The fourth-order valence-electron chi connectivity index (χ4n) is 1.92. The largest absolute Gasteiger partial charge is 0.444 e. The lowest BCUT2D eigenvalue weighted by Gasteiger charge is -2.27. The summed E-state index contributed by atoms with van der Waals surface area (Å²) in [6, 6.07) is 3.41. The molecule has 1 saturated carbocycles. The van der Waals surface area contributed by atoms with Gasteiger partial charge in [0.05, 0.1) is 5.38 Å². The zero-order valence-corrected chi connectivity index (χ0v) is 11.1. The number of rotatable bonds is 2. The van der Waals surface area contributed by atoms with Gasteiger partial charge in [-0.15, -0.1) is 11.6 Å². The third-order valence-corrected chi connectivity index (χ3v) is 3.74. The molecule has 3 nitrogen and oxygen atoms in total. The highest BCUT2D eigenvalue weighted by atomic mass is 79.9. The smallest absolute Gasteiger partial charge is 0.287 e. The highest BCUT2D eigenvalue weighted by molar-refractivity contribution is 9.10. The maximum absolute atomic E-state index is 11.8. The number of carbonyl (C=O) groups is 1. The van der Waals surface area contributed by atoms with Crippen molar-refractivity contribution in [3.05, 3.63) is 22.6 Å². The van der Waals surface area contributed by atoms with E-state index >= 15 is 0 Å². The number of hydrogen-bond acceptors (Lipinski definition) is 2. The molecule has 2 atom stereocenters. The van der Waals surface area contributed by atoms with Crippen LogP contribution in [-0.2, 0) is 0 Å². The standard InChI is InChI=1S/C11H13BrClNO2/c12-10-6-5-9(16-10)11(15)14-8-4-2-1-3-7(8)13/h5-8H,1-4H2,(H,14,15). The summed E-state index contributed by atoms with van der Waals surface area (Å²) in [7, 11) is 0. The Morgan fingerprint density at radius 1 is 1.44 bits per heavy atom. The normalized spacial score (nSPS) is 25.4. The molecule has 88 valence electrons. The van der Waals surface area contributed by atoms with Gasteiger partial charge in [0.1, 0.15) is 0 Å². The minimum Gasteiger partial charge on any atom is -0.444 e. The third kappa shape index (κ3) is 2.80. The van der Waals surface area contributed by atoms with Crippen LogP contribution < -0.4 is 5.32 Å². The summed E-state index contributed by atoms with van der Waals surface area (Å²) >= 11 is 9.33. The van der Waals surface area contributed by atoms with E-state index in [2.05, 4.69) is 21.2 Å². The Morgan fingerprint density at radius 2 is 2.19 bits per heavy atom. The molecule has 1 aliphatic carbocycles. The Hall–Kier alpha value is -0.480. The first-order chi connectivity index (χ1) is 7.66. The van der Waals surface area contributed by atoms with Crippen molar-refractivity contribution in [2.45, 2.75) is 37.1 Å². The monoisotopic (exact) mass is 305 g/mol. The predicted molar refractivity (Wildman–Crippen MR) is 65.8 cm³/mol. The lowest BCUT2D eigenvalue weighted by atomic mass is 9.95. The van der Waals surface area contributed by atoms with Gasteiger partial charge in [-0.2, -0.15) is 0 Å². The molecular formula is C11H13BrClNO2. The zero-order chi connectivity index (χ0) is 11.5. The second-order valence-electron chi connectivity index (χ2n) is 3.98. The number of halogens is 2. The van der Waals surface area contributed by atoms with Gasteiger partial charge >= 0.3 is 0 Å². The molecular weight excluding hydrogens is 293 g/mol. The summed E-state index contributed by atoms with van der Waals surface area (Å²) in [4.78, 5) is 11.8. The molecule has 1 N–H and O–H groups in total. The lowest BCUT2D eigenvalue weighted by Crippen LogP contribution is -2.42. The summed E-state index contributed by atoms with van der Waals surface area (Å²) in [5, 5.41) is 2.95. The molecule has 0 aromatic carbocycles. The van der Waals surface area contributed by atoms with Crippen molar-refractivity contribution in [3.63, 3.8) is 0 Å². The van der Waals surface area contributed by atoms with Crippen molar-refractivity contribution in [1.29, 1.82) is 0 Å². The van der Waals surface area contributed by atoms with Crippen LogP contribution in [0.1, 0.15) is 36.2 Å². The highest BCUT2D eigenvalue weighted by Gasteiger charge is 2.25. The van der Waals surface area contributed by atoms with Gasteiger partial charge in [0.15, 0.2) is 10.4 Å². The molecule has 16 heavy (non-hydrogen) atoms. The Bertz CT molecular complexity index is 380. The van der Waals surface area contributed by atoms with E-state index in [9.17, 15) is 4.79 Å². The molecule has 0 bridgehead atoms. The van der Waals surface area contributed by atoms with Crippen LogP contribution >= 0.6 is 27.5 Å². The van der Waals surface area contributed by atoms with Gasteiger partial charge in [-0.3, -0.25) is 4.79 Å². The minimum absolute atomic E-state index is 0.0381. The Labute approximate surface area is 108 Å². The number of alkyl halides is 1. The quantitative estimate of drug-likeness (QED) is 0.852. The minimum atomic E-state index is -0.191. The van der Waals surface area contributed by atoms with Crippen LogP contribution in [0.2, 0.25) is 0 Å². The van der Waals surface area contributed by atoms with Gasteiger partial charge in [-0.25, -0.2) is 0 Å². The predicted octanol–water partition coefficient (Wildman–Crippen LogP) is 3.32. The number of nitrogens with one attached hydrogen (secondary N) is 1. The topological polar surface area (TPSA) is 42.2 Å². The summed E-state index contributed by atoms with van der Waals surface area (Å²) in [5.74, 6) is 0.129. The summed E-state index contributed by atoms with van der Waals surface area (Å²) in [6.45, 7) is 0. The van der Waals surface area contributed by atoms with E-state index < -0.39 is 0 Å². The Morgan fingerprint density at radius 3 is 2.81 bits per heavy atom. The second kappa shape index (κ2) is 5.23. The molecule has 0 radical (unpaired) electrons. The fourth-order valence-corrected chi connectivity index (χ4v) is 2.57. The van der Waals surface area contributed by atoms with Crippen molar-refractivity contribution >= 4 is 33.4 Å². The van der Waals surface area contributed by atoms with E-state index in [0.29, 0.717) is 10.4 Å².